The normalized spacial score (nSPS) is 23.0. The van der Waals surface area contributed by atoms with Crippen molar-refractivity contribution in [2.75, 3.05) is 6.61 Å². The first-order valence-electron chi connectivity index (χ1n) is 5.90. The van der Waals surface area contributed by atoms with Crippen molar-refractivity contribution in [2.45, 2.75) is 24.8 Å². The highest BCUT2D eigenvalue weighted by Crippen LogP contribution is 2.38. The molecule has 0 heterocycles. The molecule has 2 atom stereocenters. The summed E-state index contributed by atoms with van der Waals surface area (Å²) in [6.07, 6.45) is 2.62. The van der Waals surface area contributed by atoms with E-state index in [0.29, 0.717) is 22.0 Å². The van der Waals surface area contributed by atoms with E-state index < -0.39 is 6.04 Å². The van der Waals surface area contributed by atoms with Crippen molar-refractivity contribution in [1.82, 2.24) is 0 Å². The summed E-state index contributed by atoms with van der Waals surface area (Å²) >= 11 is 12.0. The number of allylic oxidation sites excluding steroid dienone is 1. The van der Waals surface area contributed by atoms with Crippen LogP contribution in [0.4, 0.5) is 0 Å². The Morgan fingerprint density at radius 3 is 2.74 bits per heavy atom. The van der Waals surface area contributed by atoms with Crippen LogP contribution in [0.2, 0.25) is 10.0 Å². The molecule has 1 aromatic carbocycles. The molecule has 0 saturated carbocycles. The average Bonchev–Trinajstić information content (AvgIpc) is 2.38. The van der Waals surface area contributed by atoms with Crippen LogP contribution in [0.15, 0.2) is 29.8 Å². The first-order valence-corrected chi connectivity index (χ1v) is 6.65. The van der Waals surface area contributed by atoms with Gasteiger partial charge in [-0.25, -0.2) is 0 Å². The quantitative estimate of drug-likeness (QED) is 0.528. The molecule has 1 aliphatic carbocycles. The van der Waals surface area contributed by atoms with Gasteiger partial charge in [-0.05, 0) is 29.7 Å². The third-order valence-electron chi connectivity index (χ3n) is 3.43. The molecule has 0 aliphatic heterocycles. The van der Waals surface area contributed by atoms with Gasteiger partial charge in [-0.2, -0.15) is 0 Å². The monoisotopic (exact) mass is 301 g/mol. The molecule has 2 rings (SSSR count). The van der Waals surface area contributed by atoms with Crippen LogP contribution in [0, 0.1) is 10.1 Å². The predicted octanol–water partition coefficient (Wildman–Crippen LogP) is 3.43. The molecule has 0 aromatic heterocycles. The van der Waals surface area contributed by atoms with Crippen molar-refractivity contribution in [1.29, 1.82) is 0 Å². The highest BCUT2D eigenvalue weighted by atomic mass is 35.5. The fraction of sp³-hybridized carbons (Fsp3) is 0.385. The number of hydrogen-bond acceptors (Lipinski definition) is 3. The van der Waals surface area contributed by atoms with Gasteiger partial charge in [-0.1, -0.05) is 35.3 Å². The molecular weight excluding hydrogens is 289 g/mol. The minimum Gasteiger partial charge on any atom is -0.392 e. The van der Waals surface area contributed by atoms with Crippen LogP contribution in [0.3, 0.4) is 0 Å². The maximum Gasteiger partial charge on any atom is 0.224 e. The first-order chi connectivity index (χ1) is 9.02. The lowest BCUT2D eigenvalue weighted by atomic mass is 9.81. The van der Waals surface area contributed by atoms with Crippen LogP contribution in [0.25, 0.3) is 0 Å². The SMILES string of the molecule is O=[N+]([O-])[C@H]1CC(CO)=CC[C@@H]1c1ccc(Cl)cc1Cl. The van der Waals surface area contributed by atoms with Gasteiger partial charge < -0.3 is 5.11 Å². The van der Waals surface area contributed by atoms with Gasteiger partial charge in [0, 0.05) is 21.4 Å². The second kappa shape index (κ2) is 5.90. The summed E-state index contributed by atoms with van der Waals surface area (Å²) in [6.45, 7) is -0.134. The molecule has 0 bridgehead atoms. The number of aliphatic hydroxyl groups is 1. The molecule has 4 nitrogen and oxygen atoms in total. The minimum atomic E-state index is -0.758. The van der Waals surface area contributed by atoms with Crippen molar-refractivity contribution < 1.29 is 10.0 Å². The zero-order chi connectivity index (χ0) is 14.0. The lowest BCUT2D eigenvalue weighted by molar-refractivity contribution is -0.527. The van der Waals surface area contributed by atoms with Gasteiger partial charge in [-0.15, -0.1) is 0 Å². The van der Waals surface area contributed by atoms with E-state index in [-0.39, 0.29) is 23.9 Å². The number of nitrogens with zero attached hydrogens (tertiary/aromatic N) is 1. The highest BCUT2D eigenvalue weighted by Gasteiger charge is 2.36. The van der Waals surface area contributed by atoms with E-state index in [1.54, 1.807) is 18.2 Å². The van der Waals surface area contributed by atoms with Crippen molar-refractivity contribution >= 4 is 23.2 Å². The van der Waals surface area contributed by atoms with Crippen LogP contribution < -0.4 is 0 Å². The zero-order valence-corrected chi connectivity index (χ0v) is 11.6. The van der Waals surface area contributed by atoms with Crippen molar-refractivity contribution in [2.24, 2.45) is 0 Å². The number of benzene rings is 1. The van der Waals surface area contributed by atoms with Gasteiger partial charge in [0.25, 0.3) is 0 Å². The van der Waals surface area contributed by atoms with Crippen molar-refractivity contribution in [3.8, 4) is 0 Å². The smallest absolute Gasteiger partial charge is 0.224 e. The fourth-order valence-electron chi connectivity index (χ4n) is 2.43. The van der Waals surface area contributed by atoms with Crippen LogP contribution in [-0.2, 0) is 0 Å². The third-order valence-corrected chi connectivity index (χ3v) is 3.99. The van der Waals surface area contributed by atoms with Gasteiger partial charge in [0.1, 0.15) is 0 Å². The standard InChI is InChI=1S/C13H13Cl2NO3/c14-9-2-4-10(12(15)6-9)11-3-1-8(7-17)5-13(11)16(18)19/h1-2,4,6,11,13,17H,3,5,7H2/t11-,13+/m1/s1. The van der Waals surface area contributed by atoms with Crippen LogP contribution in [-0.4, -0.2) is 22.7 Å². The van der Waals surface area contributed by atoms with Gasteiger partial charge in [0.2, 0.25) is 6.04 Å². The molecule has 0 radical (unpaired) electrons. The Morgan fingerprint density at radius 2 is 2.16 bits per heavy atom. The number of aliphatic hydroxyl groups excluding tert-OH is 1. The fourth-order valence-corrected chi connectivity index (χ4v) is 2.98. The van der Waals surface area contributed by atoms with E-state index in [0.717, 1.165) is 5.56 Å². The second-order valence-electron chi connectivity index (χ2n) is 4.59. The molecule has 0 amide bonds. The van der Waals surface area contributed by atoms with E-state index in [4.69, 9.17) is 28.3 Å². The third kappa shape index (κ3) is 3.08. The summed E-state index contributed by atoms with van der Waals surface area (Å²) in [5.41, 5.74) is 1.45. The first kappa shape index (κ1) is 14.3. The van der Waals surface area contributed by atoms with E-state index in [2.05, 4.69) is 0 Å². The van der Waals surface area contributed by atoms with Crippen molar-refractivity contribution in [3.05, 3.63) is 55.6 Å². The lowest BCUT2D eigenvalue weighted by Crippen LogP contribution is -2.31. The van der Waals surface area contributed by atoms with E-state index in [1.165, 1.54) is 0 Å². The maximum atomic E-state index is 11.2. The molecular formula is C13H13Cl2NO3. The van der Waals surface area contributed by atoms with Gasteiger partial charge in [0.15, 0.2) is 0 Å². The maximum absolute atomic E-state index is 11.2. The molecule has 102 valence electrons. The average molecular weight is 302 g/mol. The number of rotatable bonds is 3. The molecule has 0 fully saturated rings. The Kier molecular flexibility index (Phi) is 4.45. The van der Waals surface area contributed by atoms with Crippen LogP contribution in [0.1, 0.15) is 24.3 Å². The predicted molar refractivity (Wildman–Crippen MR) is 74.4 cm³/mol. The second-order valence-corrected chi connectivity index (χ2v) is 5.43. The summed E-state index contributed by atoms with van der Waals surface area (Å²) in [6, 6.07) is 4.26. The minimum absolute atomic E-state index is 0.134. The summed E-state index contributed by atoms with van der Waals surface area (Å²) in [5.74, 6) is -0.282. The van der Waals surface area contributed by atoms with Gasteiger partial charge in [0.05, 0.1) is 12.5 Å². The number of hydrogen-bond donors (Lipinski definition) is 1. The Hall–Kier alpha value is -1.10. The Bertz CT molecular complexity index is 531. The van der Waals surface area contributed by atoms with Crippen LogP contribution in [0.5, 0.6) is 0 Å². The Morgan fingerprint density at radius 1 is 1.42 bits per heavy atom. The molecule has 0 unspecified atom stereocenters. The number of nitro groups is 1. The molecule has 0 spiro atoms. The van der Waals surface area contributed by atoms with Gasteiger partial charge in [-0.3, -0.25) is 10.1 Å². The van der Waals surface area contributed by atoms with Crippen LogP contribution >= 0.6 is 23.2 Å². The lowest BCUT2D eigenvalue weighted by Gasteiger charge is -2.26. The Balaban J connectivity index is 2.36. The van der Waals surface area contributed by atoms with E-state index in [9.17, 15) is 10.1 Å². The molecule has 1 aliphatic rings. The summed E-state index contributed by atoms with van der Waals surface area (Å²) in [4.78, 5) is 10.9. The highest BCUT2D eigenvalue weighted by molar-refractivity contribution is 6.35. The summed E-state index contributed by atoms with van der Waals surface area (Å²) in [5, 5.41) is 21.3. The largest absolute Gasteiger partial charge is 0.392 e. The molecule has 1 N–H and O–H groups in total. The molecule has 1 aromatic rings. The molecule has 6 heteroatoms. The Labute approximate surface area is 120 Å². The molecule has 19 heavy (non-hydrogen) atoms. The number of halogens is 2. The molecule has 0 saturated heterocycles. The van der Waals surface area contributed by atoms with E-state index >= 15 is 0 Å². The van der Waals surface area contributed by atoms with Crippen molar-refractivity contribution in [3.63, 3.8) is 0 Å². The summed E-state index contributed by atoms with van der Waals surface area (Å²) < 4.78 is 0. The van der Waals surface area contributed by atoms with Gasteiger partial charge >= 0.3 is 0 Å². The van der Waals surface area contributed by atoms with E-state index in [1.807, 2.05) is 6.08 Å². The zero-order valence-electron chi connectivity index (χ0n) is 10.1. The topological polar surface area (TPSA) is 63.4 Å². The summed E-state index contributed by atoms with van der Waals surface area (Å²) in [7, 11) is 0.